The molecule has 2 heterocycles. The van der Waals surface area contributed by atoms with Gasteiger partial charge in [-0.25, -0.2) is 14.2 Å². The van der Waals surface area contributed by atoms with E-state index < -0.39 is 17.1 Å². The lowest BCUT2D eigenvalue weighted by Crippen LogP contribution is -2.36. The molecule has 3 rings (SSSR count). The molecule has 0 bridgehead atoms. The molecule has 6 nitrogen and oxygen atoms in total. The molecule has 0 saturated heterocycles. The summed E-state index contributed by atoms with van der Waals surface area (Å²) in [5, 5.41) is 0.0157. The maximum Gasteiger partial charge on any atom is 0.328 e. The van der Waals surface area contributed by atoms with Crippen LogP contribution in [-0.2, 0) is 13.1 Å². The van der Waals surface area contributed by atoms with Crippen LogP contribution in [-0.4, -0.2) is 19.1 Å². The van der Waals surface area contributed by atoms with E-state index in [9.17, 15) is 14.0 Å². The molecular weight excluding hydrogens is 311 g/mol. The fraction of sp³-hybridized carbons (Fsp3) is 0.214. The number of aromatic nitrogens is 4. The molecule has 0 atom stereocenters. The van der Waals surface area contributed by atoms with E-state index in [1.54, 1.807) is 12.4 Å². The number of rotatable bonds is 3. The summed E-state index contributed by atoms with van der Waals surface area (Å²) in [6, 6.07) is 2.27. The van der Waals surface area contributed by atoms with Gasteiger partial charge >= 0.3 is 5.69 Å². The van der Waals surface area contributed by atoms with Gasteiger partial charge in [0.15, 0.2) is 0 Å². The van der Waals surface area contributed by atoms with Gasteiger partial charge in [0.1, 0.15) is 11.6 Å². The van der Waals surface area contributed by atoms with E-state index in [0.717, 1.165) is 16.5 Å². The first kappa shape index (κ1) is 14.5. The van der Waals surface area contributed by atoms with Crippen LogP contribution in [0.15, 0.2) is 34.1 Å². The number of aromatic amines is 1. The van der Waals surface area contributed by atoms with Crippen molar-refractivity contribution in [1.29, 1.82) is 0 Å². The minimum atomic E-state index is -0.684. The third kappa shape index (κ3) is 2.43. The predicted molar refractivity (Wildman–Crippen MR) is 80.8 cm³/mol. The average molecular weight is 323 g/mol. The van der Waals surface area contributed by atoms with Crippen LogP contribution in [0.1, 0.15) is 5.82 Å². The summed E-state index contributed by atoms with van der Waals surface area (Å²) in [6.07, 6.45) is 3.41. The second-order valence-corrected chi connectivity index (χ2v) is 5.27. The summed E-state index contributed by atoms with van der Waals surface area (Å²) in [5.41, 5.74) is -0.956. The van der Waals surface area contributed by atoms with Crippen LogP contribution >= 0.6 is 11.6 Å². The van der Waals surface area contributed by atoms with Crippen LogP contribution in [0.3, 0.4) is 0 Å². The van der Waals surface area contributed by atoms with E-state index >= 15 is 0 Å². The fourth-order valence-electron chi connectivity index (χ4n) is 2.30. The van der Waals surface area contributed by atoms with Gasteiger partial charge in [0.05, 0.1) is 15.9 Å². The SMILES string of the molecule is Cc1nccn1CCn1c(=O)[nH]c2cc(F)c(Cl)cc2c1=O. The number of fused-ring (bicyclic) bond motifs is 1. The Morgan fingerprint density at radius 1 is 1.32 bits per heavy atom. The molecule has 1 aromatic carbocycles. The molecule has 0 radical (unpaired) electrons. The molecule has 0 aliphatic heterocycles. The van der Waals surface area contributed by atoms with Crippen molar-refractivity contribution >= 4 is 22.5 Å². The van der Waals surface area contributed by atoms with Crippen molar-refractivity contribution in [3.63, 3.8) is 0 Å². The summed E-state index contributed by atoms with van der Waals surface area (Å²) < 4.78 is 16.3. The topological polar surface area (TPSA) is 72.7 Å². The van der Waals surface area contributed by atoms with Crippen LogP contribution in [0, 0.1) is 12.7 Å². The van der Waals surface area contributed by atoms with Crippen molar-refractivity contribution in [3.8, 4) is 0 Å². The molecule has 0 fully saturated rings. The summed E-state index contributed by atoms with van der Waals surface area (Å²) in [6.45, 7) is 2.43. The first-order valence-electron chi connectivity index (χ1n) is 6.57. The van der Waals surface area contributed by atoms with Gasteiger partial charge in [0, 0.05) is 25.5 Å². The van der Waals surface area contributed by atoms with Crippen LogP contribution in [0.5, 0.6) is 0 Å². The molecule has 22 heavy (non-hydrogen) atoms. The van der Waals surface area contributed by atoms with Crippen LogP contribution < -0.4 is 11.2 Å². The van der Waals surface area contributed by atoms with Crippen LogP contribution in [0.2, 0.25) is 5.02 Å². The number of H-pyrrole nitrogens is 1. The monoisotopic (exact) mass is 322 g/mol. The van der Waals surface area contributed by atoms with Crippen molar-refractivity contribution in [1.82, 2.24) is 19.1 Å². The smallest absolute Gasteiger partial charge is 0.328 e. The zero-order valence-corrected chi connectivity index (χ0v) is 12.4. The van der Waals surface area contributed by atoms with Crippen LogP contribution in [0.25, 0.3) is 10.9 Å². The molecule has 0 aliphatic carbocycles. The number of aryl methyl sites for hydroxylation is 2. The number of halogens is 2. The first-order valence-corrected chi connectivity index (χ1v) is 6.95. The molecule has 2 aromatic heterocycles. The van der Waals surface area contributed by atoms with Gasteiger partial charge < -0.3 is 9.55 Å². The van der Waals surface area contributed by atoms with Gasteiger partial charge in [-0.2, -0.15) is 0 Å². The van der Waals surface area contributed by atoms with E-state index in [2.05, 4.69) is 9.97 Å². The van der Waals surface area contributed by atoms with E-state index in [0.29, 0.717) is 6.54 Å². The number of nitrogens with one attached hydrogen (secondary N) is 1. The maximum atomic E-state index is 13.4. The Labute approximate surface area is 128 Å². The summed E-state index contributed by atoms with van der Waals surface area (Å²) in [4.78, 5) is 31.0. The van der Waals surface area contributed by atoms with Gasteiger partial charge in [-0.05, 0) is 19.1 Å². The molecule has 8 heteroatoms. The lowest BCUT2D eigenvalue weighted by atomic mass is 10.2. The molecule has 0 amide bonds. The number of nitrogens with zero attached hydrogens (tertiary/aromatic N) is 3. The molecular formula is C14H12ClFN4O2. The van der Waals surface area contributed by atoms with E-state index in [4.69, 9.17) is 11.6 Å². The van der Waals surface area contributed by atoms with Gasteiger partial charge in [0.2, 0.25) is 0 Å². The van der Waals surface area contributed by atoms with Crippen molar-refractivity contribution in [2.75, 3.05) is 0 Å². The minimum absolute atomic E-state index is 0.131. The Kier molecular flexibility index (Phi) is 3.58. The highest BCUT2D eigenvalue weighted by molar-refractivity contribution is 6.31. The highest BCUT2D eigenvalue weighted by Gasteiger charge is 2.11. The van der Waals surface area contributed by atoms with Crippen molar-refractivity contribution in [2.24, 2.45) is 0 Å². The second kappa shape index (κ2) is 5.42. The Morgan fingerprint density at radius 2 is 2.09 bits per heavy atom. The van der Waals surface area contributed by atoms with E-state index in [1.165, 1.54) is 6.07 Å². The molecule has 1 N–H and O–H groups in total. The lowest BCUT2D eigenvalue weighted by molar-refractivity contribution is 0.539. The Bertz CT molecular complexity index is 973. The molecule has 0 aliphatic rings. The quantitative estimate of drug-likeness (QED) is 0.797. The third-order valence-corrected chi connectivity index (χ3v) is 3.80. The highest BCUT2D eigenvalue weighted by atomic mass is 35.5. The molecule has 114 valence electrons. The lowest BCUT2D eigenvalue weighted by Gasteiger charge is -2.08. The van der Waals surface area contributed by atoms with Crippen LogP contribution in [0.4, 0.5) is 4.39 Å². The Balaban J connectivity index is 2.06. The van der Waals surface area contributed by atoms with Crippen molar-refractivity contribution in [2.45, 2.75) is 20.0 Å². The van der Waals surface area contributed by atoms with Crippen molar-refractivity contribution < 1.29 is 4.39 Å². The highest BCUT2D eigenvalue weighted by Crippen LogP contribution is 2.18. The fourth-order valence-corrected chi connectivity index (χ4v) is 2.46. The number of hydrogen-bond donors (Lipinski definition) is 1. The molecule has 0 unspecified atom stereocenters. The summed E-state index contributed by atoms with van der Waals surface area (Å²) in [5.74, 6) is 0.103. The maximum absolute atomic E-state index is 13.4. The van der Waals surface area contributed by atoms with Gasteiger partial charge in [-0.3, -0.25) is 9.36 Å². The second-order valence-electron chi connectivity index (χ2n) is 4.87. The zero-order valence-electron chi connectivity index (χ0n) is 11.6. The van der Waals surface area contributed by atoms with E-state index in [1.807, 2.05) is 11.5 Å². The summed E-state index contributed by atoms with van der Waals surface area (Å²) >= 11 is 5.70. The predicted octanol–water partition coefficient (Wildman–Crippen LogP) is 1.69. The van der Waals surface area contributed by atoms with Crippen molar-refractivity contribution in [3.05, 3.63) is 62.0 Å². The molecule has 3 aromatic rings. The third-order valence-electron chi connectivity index (χ3n) is 3.51. The molecule has 0 saturated carbocycles. The van der Waals surface area contributed by atoms with Gasteiger partial charge in [0.25, 0.3) is 5.56 Å². The largest absolute Gasteiger partial charge is 0.333 e. The van der Waals surface area contributed by atoms with E-state index in [-0.39, 0.29) is 22.5 Å². The Hall–Kier alpha value is -2.41. The van der Waals surface area contributed by atoms with Gasteiger partial charge in [-0.15, -0.1) is 0 Å². The van der Waals surface area contributed by atoms with Gasteiger partial charge in [-0.1, -0.05) is 11.6 Å². The number of imidazole rings is 1. The number of hydrogen-bond acceptors (Lipinski definition) is 3. The Morgan fingerprint density at radius 3 is 2.77 bits per heavy atom. The summed E-state index contributed by atoms with van der Waals surface area (Å²) in [7, 11) is 0. The average Bonchev–Trinajstić information content (AvgIpc) is 2.87. The zero-order chi connectivity index (χ0) is 15.9. The number of benzene rings is 1. The molecule has 0 spiro atoms. The standard InChI is InChI=1S/C14H12ClFN4O2/c1-8-17-2-3-19(8)4-5-20-13(21)9-6-10(15)11(16)7-12(9)18-14(20)22/h2-3,6-7H,4-5H2,1H3,(H,18,22). The normalized spacial score (nSPS) is 11.2. The minimum Gasteiger partial charge on any atom is -0.333 e. The first-order chi connectivity index (χ1) is 10.5.